The van der Waals surface area contributed by atoms with Gasteiger partial charge in [0.2, 0.25) is 0 Å². The highest BCUT2D eigenvalue weighted by Gasteiger charge is 2.09. The first kappa shape index (κ1) is 20.6. The molecule has 144 valence electrons. The molecule has 0 saturated carbocycles. The molecular weight excluding hydrogens is 368 g/mol. The summed E-state index contributed by atoms with van der Waals surface area (Å²) >= 11 is 6.16. The Morgan fingerprint density at radius 3 is 2.37 bits per heavy atom. The summed E-state index contributed by atoms with van der Waals surface area (Å²) < 4.78 is 15.8. The molecule has 1 amide bonds. The van der Waals surface area contributed by atoms with Crippen LogP contribution in [0.3, 0.4) is 0 Å². The average Bonchev–Trinajstić information content (AvgIpc) is 2.67. The van der Waals surface area contributed by atoms with E-state index in [1.54, 1.807) is 12.1 Å². The molecule has 0 aromatic heterocycles. The van der Waals surface area contributed by atoms with Crippen molar-refractivity contribution < 1.29 is 19.0 Å². The minimum Gasteiger partial charge on any atom is -0.493 e. The standard InChI is InChI=1S/C20H23ClN2O4/c1-13(2)14-5-7-16(8-6-14)27-12-20(24)23-22-11-15-9-18(25-3)19(26-4)10-17(15)21/h5-11,13H,12H2,1-4H3,(H,23,24)/b22-11+. The highest BCUT2D eigenvalue weighted by atomic mass is 35.5. The van der Waals surface area contributed by atoms with Crippen molar-refractivity contribution in [3.05, 3.63) is 52.5 Å². The molecule has 0 heterocycles. The molecule has 2 rings (SSSR count). The molecular formula is C20H23ClN2O4. The van der Waals surface area contributed by atoms with E-state index in [0.717, 1.165) is 0 Å². The quantitative estimate of drug-likeness (QED) is 0.546. The van der Waals surface area contributed by atoms with E-state index in [0.29, 0.717) is 33.8 Å². The Labute approximate surface area is 164 Å². The fraction of sp³-hybridized carbons (Fsp3) is 0.300. The van der Waals surface area contributed by atoms with Gasteiger partial charge in [0.05, 0.1) is 25.5 Å². The third-order valence-electron chi connectivity index (χ3n) is 3.81. The highest BCUT2D eigenvalue weighted by molar-refractivity contribution is 6.33. The lowest BCUT2D eigenvalue weighted by molar-refractivity contribution is -0.123. The minimum absolute atomic E-state index is 0.141. The number of amides is 1. The maximum absolute atomic E-state index is 11.9. The van der Waals surface area contributed by atoms with Gasteiger partial charge in [-0.05, 0) is 29.7 Å². The van der Waals surface area contributed by atoms with Crippen LogP contribution in [-0.4, -0.2) is 32.9 Å². The summed E-state index contributed by atoms with van der Waals surface area (Å²) in [5.74, 6) is 1.72. The summed E-state index contributed by atoms with van der Waals surface area (Å²) in [6, 6.07) is 10.9. The predicted octanol–water partition coefficient (Wildman–Crippen LogP) is 4.01. The van der Waals surface area contributed by atoms with Gasteiger partial charge in [-0.1, -0.05) is 37.6 Å². The lowest BCUT2D eigenvalue weighted by atomic mass is 10.0. The van der Waals surface area contributed by atoms with E-state index in [2.05, 4.69) is 24.4 Å². The van der Waals surface area contributed by atoms with Crippen molar-refractivity contribution in [1.29, 1.82) is 0 Å². The van der Waals surface area contributed by atoms with Crippen molar-refractivity contribution in [2.24, 2.45) is 5.10 Å². The molecule has 2 aromatic rings. The molecule has 0 aliphatic heterocycles. The molecule has 6 nitrogen and oxygen atoms in total. The number of nitrogens with one attached hydrogen (secondary N) is 1. The predicted molar refractivity (Wildman–Crippen MR) is 106 cm³/mol. The zero-order chi connectivity index (χ0) is 19.8. The van der Waals surface area contributed by atoms with Crippen molar-refractivity contribution in [2.75, 3.05) is 20.8 Å². The Morgan fingerprint density at radius 2 is 1.78 bits per heavy atom. The molecule has 0 bridgehead atoms. The average molecular weight is 391 g/mol. The van der Waals surface area contributed by atoms with E-state index in [1.165, 1.54) is 26.0 Å². The summed E-state index contributed by atoms with van der Waals surface area (Å²) in [6.45, 7) is 4.09. The minimum atomic E-state index is -0.379. The summed E-state index contributed by atoms with van der Waals surface area (Å²) in [6.07, 6.45) is 1.43. The van der Waals surface area contributed by atoms with Crippen molar-refractivity contribution in [3.63, 3.8) is 0 Å². The van der Waals surface area contributed by atoms with Gasteiger partial charge in [-0.25, -0.2) is 5.43 Å². The van der Waals surface area contributed by atoms with Crippen LogP contribution in [0.2, 0.25) is 5.02 Å². The van der Waals surface area contributed by atoms with Gasteiger partial charge in [0.15, 0.2) is 18.1 Å². The molecule has 7 heteroatoms. The number of methoxy groups -OCH3 is 2. The second-order valence-corrected chi connectivity index (χ2v) is 6.44. The van der Waals surface area contributed by atoms with Crippen molar-refractivity contribution in [3.8, 4) is 17.2 Å². The van der Waals surface area contributed by atoms with Crippen LogP contribution >= 0.6 is 11.6 Å². The number of hydrogen-bond acceptors (Lipinski definition) is 5. The van der Waals surface area contributed by atoms with Crippen LogP contribution in [-0.2, 0) is 4.79 Å². The molecule has 0 aliphatic rings. The Hall–Kier alpha value is -2.73. The molecule has 0 saturated heterocycles. The van der Waals surface area contributed by atoms with Crippen molar-refractivity contribution >= 4 is 23.7 Å². The maximum Gasteiger partial charge on any atom is 0.277 e. The van der Waals surface area contributed by atoms with Gasteiger partial charge in [0.1, 0.15) is 5.75 Å². The third-order valence-corrected chi connectivity index (χ3v) is 4.14. The van der Waals surface area contributed by atoms with E-state index >= 15 is 0 Å². The Kier molecular flexibility index (Phi) is 7.49. The Bertz CT molecular complexity index is 804. The first-order valence-corrected chi connectivity index (χ1v) is 8.78. The van der Waals surface area contributed by atoms with Crippen molar-refractivity contribution in [2.45, 2.75) is 19.8 Å². The topological polar surface area (TPSA) is 69.2 Å². The second kappa shape index (κ2) is 9.83. The highest BCUT2D eigenvalue weighted by Crippen LogP contribution is 2.32. The van der Waals surface area contributed by atoms with Crippen LogP contribution in [0.4, 0.5) is 0 Å². The van der Waals surface area contributed by atoms with Gasteiger partial charge >= 0.3 is 0 Å². The zero-order valence-corrected chi connectivity index (χ0v) is 16.5. The van der Waals surface area contributed by atoms with Gasteiger partial charge < -0.3 is 14.2 Å². The van der Waals surface area contributed by atoms with Gasteiger partial charge in [-0.2, -0.15) is 5.10 Å². The van der Waals surface area contributed by atoms with E-state index in [1.807, 2.05) is 24.3 Å². The lowest BCUT2D eigenvalue weighted by Gasteiger charge is -2.09. The number of benzene rings is 2. The Morgan fingerprint density at radius 1 is 1.15 bits per heavy atom. The van der Waals surface area contributed by atoms with Crippen LogP contribution in [0.15, 0.2) is 41.5 Å². The Balaban J connectivity index is 1.89. The SMILES string of the molecule is COc1cc(Cl)c(/C=N/NC(=O)COc2ccc(C(C)C)cc2)cc1OC. The molecule has 0 spiro atoms. The van der Waals surface area contributed by atoms with Crippen LogP contribution in [0, 0.1) is 0 Å². The number of halogens is 1. The van der Waals surface area contributed by atoms with Crippen LogP contribution in [0.1, 0.15) is 30.9 Å². The summed E-state index contributed by atoms with van der Waals surface area (Å²) in [5, 5.41) is 4.32. The van der Waals surface area contributed by atoms with Crippen LogP contribution in [0.5, 0.6) is 17.2 Å². The number of ether oxygens (including phenoxy) is 3. The van der Waals surface area contributed by atoms with Gasteiger partial charge in [-0.3, -0.25) is 4.79 Å². The monoisotopic (exact) mass is 390 g/mol. The normalized spacial score (nSPS) is 10.9. The first-order chi connectivity index (χ1) is 12.9. The second-order valence-electron chi connectivity index (χ2n) is 6.03. The van der Waals surface area contributed by atoms with E-state index < -0.39 is 0 Å². The molecule has 0 unspecified atom stereocenters. The summed E-state index contributed by atoms with van der Waals surface area (Å²) in [5.41, 5.74) is 4.19. The number of hydrazone groups is 1. The smallest absolute Gasteiger partial charge is 0.277 e. The molecule has 1 N–H and O–H groups in total. The first-order valence-electron chi connectivity index (χ1n) is 8.40. The molecule has 0 radical (unpaired) electrons. The summed E-state index contributed by atoms with van der Waals surface area (Å²) in [7, 11) is 3.05. The molecule has 2 aromatic carbocycles. The molecule has 0 aliphatic carbocycles. The van der Waals surface area contributed by atoms with Gasteiger partial charge in [0.25, 0.3) is 5.91 Å². The van der Waals surface area contributed by atoms with Crippen LogP contribution < -0.4 is 19.6 Å². The third kappa shape index (κ3) is 5.89. The van der Waals surface area contributed by atoms with Crippen LogP contribution in [0.25, 0.3) is 0 Å². The van der Waals surface area contributed by atoms with Gasteiger partial charge in [-0.15, -0.1) is 0 Å². The van der Waals surface area contributed by atoms with E-state index in [-0.39, 0.29) is 12.5 Å². The maximum atomic E-state index is 11.9. The zero-order valence-electron chi connectivity index (χ0n) is 15.8. The van der Waals surface area contributed by atoms with Gasteiger partial charge in [0, 0.05) is 11.6 Å². The van der Waals surface area contributed by atoms with E-state index in [9.17, 15) is 4.79 Å². The number of rotatable bonds is 8. The molecule has 27 heavy (non-hydrogen) atoms. The number of carbonyl (C=O) groups excluding carboxylic acids is 1. The van der Waals surface area contributed by atoms with E-state index in [4.69, 9.17) is 25.8 Å². The molecule has 0 fully saturated rings. The number of hydrogen-bond donors (Lipinski definition) is 1. The number of carbonyl (C=O) groups is 1. The summed E-state index contributed by atoms with van der Waals surface area (Å²) in [4.78, 5) is 11.9. The largest absolute Gasteiger partial charge is 0.493 e. The fourth-order valence-corrected chi connectivity index (χ4v) is 2.48. The fourth-order valence-electron chi connectivity index (χ4n) is 2.27. The lowest BCUT2D eigenvalue weighted by Crippen LogP contribution is -2.24. The molecule has 0 atom stereocenters. The number of nitrogens with zero attached hydrogens (tertiary/aromatic N) is 1. The van der Waals surface area contributed by atoms with Crippen molar-refractivity contribution in [1.82, 2.24) is 5.43 Å².